The van der Waals surface area contributed by atoms with E-state index < -0.39 is 0 Å². The van der Waals surface area contributed by atoms with Crippen LogP contribution in [0.4, 0.5) is 0 Å². The first-order chi connectivity index (χ1) is 7.17. The predicted octanol–water partition coefficient (Wildman–Crippen LogP) is -0.218. The number of hydrogen-bond acceptors (Lipinski definition) is 0. The molecule has 1 atom stereocenters. The van der Waals surface area contributed by atoms with Crippen LogP contribution in [0.1, 0.15) is 34.6 Å². The summed E-state index contributed by atoms with van der Waals surface area (Å²) in [6, 6.07) is 0. The number of rotatable bonds is 8. The minimum Gasteiger partial charge on any atom is -0.331 e. The lowest BCUT2D eigenvalue weighted by molar-refractivity contribution is -0.952. The molecule has 2 N–H and O–H groups in total. The second-order valence-electron chi connectivity index (χ2n) is 4.37. The third kappa shape index (κ3) is 6.69. The highest BCUT2D eigenvalue weighted by Gasteiger charge is 2.10. The molecule has 15 heavy (non-hydrogen) atoms. The lowest BCUT2D eigenvalue weighted by Crippen LogP contribution is -3.20. The van der Waals surface area contributed by atoms with E-state index in [9.17, 15) is 0 Å². The van der Waals surface area contributed by atoms with Gasteiger partial charge >= 0.3 is 0 Å². The first kappa shape index (κ1) is 14.7. The molecular weight excluding hydrogens is 184 g/mol. The fourth-order valence-corrected chi connectivity index (χ4v) is 1.84. The molecule has 0 saturated heterocycles. The first-order valence-corrected chi connectivity index (χ1v) is 6.46. The quantitative estimate of drug-likeness (QED) is 0.517. The van der Waals surface area contributed by atoms with Gasteiger partial charge in [0.1, 0.15) is 13.1 Å². The average molecular weight is 214 g/mol. The Kier molecular flexibility index (Phi) is 8.73. The topological polar surface area (TPSA) is 8.88 Å². The van der Waals surface area contributed by atoms with E-state index in [0.717, 1.165) is 0 Å². The van der Waals surface area contributed by atoms with Gasteiger partial charge in [-0.2, -0.15) is 0 Å². The molecule has 0 heterocycles. The lowest BCUT2D eigenvalue weighted by atomic mass is 10.2. The predicted molar refractivity (Wildman–Crippen MR) is 67.6 cm³/mol. The Balaban J connectivity index is 3.89. The van der Waals surface area contributed by atoms with Crippen molar-refractivity contribution in [2.45, 2.75) is 34.6 Å². The normalized spacial score (nSPS) is 14.7. The molecule has 0 rings (SSSR count). The smallest absolute Gasteiger partial charge is 0.127 e. The molecule has 0 amide bonds. The number of quaternary nitrogens is 2. The Morgan fingerprint density at radius 2 is 1.40 bits per heavy atom. The maximum Gasteiger partial charge on any atom is 0.127 e. The van der Waals surface area contributed by atoms with Crippen molar-refractivity contribution < 1.29 is 9.80 Å². The molecule has 0 aliphatic heterocycles. The summed E-state index contributed by atoms with van der Waals surface area (Å²) in [6.45, 7) is 18.8. The maximum atomic E-state index is 2.29. The summed E-state index contributed by atoms with van der Waals surface area (Å²) < 4.78 is 0. The second-order valence-corrected chi connectivity index (χ2v) is 4.37. The SMILES string of the molecule is C/C=C(\C)C[NH+](CC)CC[NH+](CC)CC. The maximum absolute atomic E-state index is 2.29. The Hall–Kier alpha value is -0.340. The highest BCUT2D eigenvalue weighted by Crippen LogP contribution is 1.83. The third-order valence-electron chi connectivity index (χ3n) is 3.35. The zero-order chi connectivity index (χ0) is 11.7. The molecule has 0 saturated carbocycles. The Bertz CT molecular complexity index is 171. The summed E-state index contributed by atoms with van der Waals surface area (Å²) in [5, 5.41) is 0. The number of hydrogen-bond donors (Lipinski definition) is 2. The van der Waals surface area contributed by atoms with Gasteiger partial charge in [0.05, 0.1) is 26.2 Å². The second kappa shape index (κ2) is 8.93. The van der Waals surface area contributed by atoms with Crippen molar-refractivity contribution in [1.82, 2.24) is 0 Å². The van der Waals surface area contributed by atoms with Crippen LogP contribution in [-0.2, 0) is 0 Å². The summed E-state index contributed by atoms with van der Waals surface area (Å²) in [5.41, 5.74) is 1.52. The molecule has 0 aromatic carbocycles. The zero-order valence-electron chi connectivity index (χ0n) is 11.3. The van der Waals surface area contributed by atoms with E-state index in [4.69, 9.17) is 0 Å². The van der Waals surface area contributed by atoms with Crippen molar-refractivity contribution >= 4 is 0 Å². The van der Waals surface area contributed by atoms with Gasteiger partial charge in [0, 0.05) is 0 Å². The van der Waals surface area contributed by atoms with E-state index in [1.165, 1.54) is 44.8 Å². The number of likely N-dealkylation sites (N-methyl/N-ethyl adjacent to an activating group) is 2. The van der Waals surface area contributed by atoms with Crippen molar-refractivity contribution in [1.29, 1.82) is 0 Å². The Morgan fingerprint density at radius 3 is 1.80 bits per heavy atom. The van der Waals surface area contributed by atoms with Crippen LogP contribution in [0.5, 0.6) is 0 Å². The molecule has 2 nitrogen and oxygen atoms in total. The van der Waals surface area contributed by atoms with Crippen molar-refractivity contribution in [3.63, 3.8) is 0 Å². The molecule has 0 aromatic rings. The van der Waals surface area contributed by atoms with E-state index in [-0.39, 0.29) is 0 Å². The summed E-state index contributed by atoms with van der Waals surface area (Å²) in [6.07, 6.45) is 2.24. The minimum absolute atomic E-state index is 1.22. The summed E-state index contributed by atoms with van der Waals surface area (Å²) in [5.74, 6) is 0. The van der Waals surface area contributed by atoms with Gasteiger partial charge in [0.25, 0.3) is 0 Å². The van der Waals surface area contributed by atoms with Crippen LogP contribution in [0.25, 0.3) is 0 Å². The Morgan fingerprint density at radius 1 is 0.933 bits per heavy atom. The zero-order valence-corrected chi connectivity index (χ0v) is 11.3. The van der Waals surface area contributed by atoms with Crippen LogP contribution in [-0.4, -0.2) is 39.3 Å². The van der Waals surface area contributed by atoms with Gasteiger partial charge in [-0.15, -0.1) is 0 Å². The van der Waals surface area contributed by atoms with Crippen molar-refractivity contribution in [2.24, 2.45) is 0 Å². The fraction of sp³-hybridized carbons (Fsp3) is 0.846. The van der Waals surface area contributed by atoms with Crippen molar-refractivity contribution in [2.75, 3.05) is 39.3 Å². The highest BCUT2D eigenvalue weighted by atomic mass is 15.2. The van der Waals surface area contributed by atoms with Crippen LogP contribution >= 0.6 is 0 Å². The lowest BCUT2D eigenvalue weighted by Gasteiger charge is -2.21. The molecular formula is C13H30N2+2. The molecule has 0 fully saturated rings. The van der Waals surface area contributed by atoms with Gasteiger partial charge in [-0.3, -0.25) is 0 Å². The molecule has 0 aromatic heterocycles. The highest BCUT2D eigenvalue weighted by molar-refractivity contribution is 4.94. The van der Waals surface area contributed by atoms with Crippen LogP contribution in [0.15, 0.2) is 11.6 Å². The van der Waals surface area contributed by atoms with Gasteiger partial charge in [0.15, 0.2) is 0 Å². The van der Waals surface area contributed by atoms with Crippen LogP contribution in [0, 0.1) is 0 Å². The van der Waals surface area contributed by atoms with Gasteiger partial charge in [-0.1, -0.05) is 6.08 Å². The average Bonchev–Trinajstić information content (AvgIpc) is 2.28. The molecule has 0 radical (unpaired) electrons. The van der Waals surface area contributed by atoms with Gasteiger partial charge in [-0.25, -0.2) is 0 Å². The van der Waals surface area contributed by atoms with E-state index in [1.807, 2.05) is 0 Å². The van der Waals surface area contributed by atoms with Crippen LogP contribution in [0.2, 0.25) is 0 Å². The van der Waals surface area contributed by atoms with Gasteiger partial charge in [0.2, 0.25) is 0 Å². The standard InChI is InChI=1S/C13H28N2/c1-6-13(5)12-15(9-4)11-10-14(7-2)8-3/h6H,7-12H2,1-5H3/p+2/b13-6+. The third-order valence-corrected chi connectivity index (χ3v) is 3.35. The number of allylic oxidation sites excluding steroid dienone is 1. The molecule has 0 aliphatic carbocycles. The molecule has 0 bridgehead atoms. The van der Waals surface area contributed by atoms with E-state index in [1.54, 1.807) is 9.80 Å². The van der Waals surface area contributed by atoms with Gasteiger partial charge in [-0.05, 0) is 40.2 Å². The molecule has 0 aliphatic rings. The van der Waals surface area contributed by atoms with Gasteiger partial charge < -0.3 is 9.80 Å². The summed E-state index contributed by atoms with van der Waals surface area (Å²) >= 11 is 0. The fourth-order valence-electron chi connectivity index (χ4n) is 1.84. The largest absolute Gasteiger partial charge is 0.331 e. The molecule has 2 heteroatoms. The van der Waals surface area contributed by atoms with Crippen LogP contribution < -0.4 is 9.80 Å². The monoisotopic (exact) mass is 214 g/mol. The van der Waals surface area contributed by atoms with Crippen molar-refractivity contribution in [3.8, 4) is 0 Å². The Labute approximate surface area is 95.9 Å². The molecule has 90 valence electrons. The summed E-state index contributed by atoms with van der Waals surface area (Å²) in [4.78, 5) is 3.43. The van der Waals surface area contributed by atoms with E-state index in [0.29, 0.717) is 0 Å². The molecule has 0 spiro atoms. The van der Waals surface area contributed by atoms with Crippen molar-refractivity contribution in [3.05, 3.63) is 11.6 Å². The molecule has 1 unspecified atom stereocenters. The van der Waals surface area contributed by atoms with Crippen LogP contribution in [0.3, 0.4) is 0 Å². The van der Waals surface area contributed by atoms with E-state index >= 15 is 0 Å². The summed E-state index contributed by atoms with van der Waals surface area (Å²) in [7, 11) is 0. The minimum atomic E-state index is 1.22. The first-order valence-electron chi connectivity index (χ1n) is 6.46. The number of nitrogens with one attached hydrogen (secondary N) is 2. The van der Waals surface area contributed by atoms with E-state index in [2.05, 4.69) is 40.7 Å².